The fourth-order valence-corrected chi connectivity index (χ4v) is 2.49. The van der Waals surface area contributed by atoms with E-state index >= 15 is 0 Å². The van der Waals surface area contributed by atoms with Crippen LogP contribution in [0.4, 0.5) is 9.18 Å². The molecule has 0 atom stereocenters. The summed E-state index contributed by atoms with van der Waals surface area (Å²) in [5, 5.41) is 2.44. The van der Waals surface area contributed by atoms with Crippen molar-refractivity contribution in [2.75, 3.05) is 6.54 Å². The average Bonchev–Trinajstić information content (AvgIpc) is 2.57. The Morgan fingerprint density at radius 1 is 1.28 bits per heavy atom. The molecule has 0 unspecified atom stereocenters. The molecule has 0 spiro atoms. The predicted molar refractivity (Wildman–Crippen MR) is 57.0 cm³/mol. The summed E-state index contributed by atoms with van der Waals surface area (Å²) in [7, 11) is -4.24. The molecule has 1 aliphatic heterocycles. The standard InChI is InChI=1S/C9H8FN3O4S/c10-6-3-1-2-4-7(6)18(16,17)12-13-5-8(14)11-9(13)15/h1-4,12H,5H2,(H,11,14,15). The Kier molecular flexibility index (Phi) is 3.01. The van der Waals surface area contributed by atoms with E-state index in [1.54, 1.807) is 0 Å². The number of hydrogen-bond acceptors (Lipinski definition) is 4. The second-order valence-corrected chi connectivity index (χ2v) is 5.09. The summed E-state index contributed by atoms with van der Waals surface area (Å²) in [5.41, 5.74) is 0. The highest BCUT2D eigenvalue weighted by Gasteiger charge is 2.31. The second kappa shape index (κ2) is 4.35. The van der Waals surface area contributed by atoms with E-state index in [9.17, 15) is 22.4 Å². The van der Waals surface area contributed by atoms with Crippen molar-refractivity contribution in [1.82, 2.24) is 15.2 Å². The molecule has 1 aromatic rings. The van der Waals surface area contributed by atoms with Gasteiger partial charge in [0.15, 0.2) is 0 Å². The van der Waals surface area contributed by atoms with E-state index in [0.29, 0.717) is 5.01 Å². The number of nitrogens with zero attached hydrogens (tertiary/aromatic N) is 1. The zero-order valence-corrected chi connectivity index (χ0v) is 9.70. The van der Waals surface area contributed by atoms with Crippen LogP contribution in [0.2, 0.25) is 0 Å². The molecule has 96 valence electrons. The number of amides is 3. The maximum atomic E-state index is 13.3. The van der Waals surface area contributed by atoms with Gasteiger partial charge in [-0.3, -0.25) is 10.1 Å². The largest absolute Gasteiger partial charge is 0.339 e. The number of imide groups is 1. The summed E-state index contributed by atoms with van der Waals surface area (Å²) in [6.07, 6.45) is 0. The molecular formula is C9H8FN3O4S. The van der Waals surface area contributed by atoms with Crippen LogP contribution in [-0.2, 0) is 14.8 Å². The molecule has 7 nitrogen and oxygen atoms in total. The number of benzene rings is 1. The highest BCUT2D eigenvalue weighted by Crippen LogP contribution is 2.13. The van der Waals surface area contributed by atoms with E-state index in [0.717, 1.165) is 12.1 Å². The second-order valence-electron chi connectivity index (χ2n) is 3.46. The van der Waals surface area contributed by atoms with Crippen LogP contribution in [-0.4, -0.2) is 31.9 Å². The van der Waals surface area contributed by atoms with Crippen LogP contribution in [0.15, 0.2) is 29.2 Å². The van der Waals surface area contributed by atoms with Gasteiger partial charge in [0.25, 0.3) is 10.0 Å². The van der Waals surface area contributed by atoms with Crippen LogP contribution in [0.3, 0.4) is 0 Å². The zero-order valence-electron chi connectivity index (χ0n) is 8.88. The minimum Gasteiger partial charge on any atom is -0.275 e. The van der Waals surface area contributed by atoms with Gasteiger partial charge in [-0.25, -0.2) is 22.6 Å². The van der Waals surface area contributed by atoms with Crippen LogP contribution in [0.5, 0.6) is 0 Å². The molecule has 1 saturated heterocycles. The van der Waals surface area contributed by atoms with Crippen LogP contribution in [0, 0.1) is 5.82 Å². The van der Waals surface area contributed by atoms with Gasteiger partial charge in [0, 0.05) is 0 Å². The Bertz CT molecular complexity index is 616. The Morgan fingerprint density at radius 2 is 1.94 bits per heavy atom. The van der Waals surface area contributed by atoms with Gasteiger partial charge in [-0.05, 0) is 12.1 Å². The Hall–Kier alpha value is -2.00. The normalized spacial score (nSPS) is 15.9. The lowest BCUT2D eigenvalue weighted by Crippen LogP contribution is -2.44. The molecule has 0 aliphatic carbocycles. The van der Waals surface area contributed by atoms with E-state index in [2.05, 4.69) is 0 Å². The maximum absolute atomic E-state index is 13.3. The molecule has 1 aliphatic rings. The molecule has 2 N–H and O–H groups in total. The molecule has 1 aromatic carbocycles. The summed E-state index contributed by atoms with van der Waals surface area (Å²) in [4.78, 5) is 23.2. The van der Waals surface area contributed by atoms with Gasteiger partial charge >= 0.3 is 6.03 Å². The van der Waals surface area contributed by atoms with Crippen molar-refractivity contribution in [2.45, 2.75) is 4.90 Å². The number of nitrogens with one attached hydrogen (secondary N) is 2. The number of sulfonamides is 1. The third kappa shape index (κ3) is 2.31. The smallest absolute Gasteiger partial charge is 0.275 e. The number of rotatable bonds is 3. The zero-order chi connectivity index (χ0) is 13.3. The molecule has 0 bridgehead atoms. The van der Waals surface area contributed by atoms with Gasteiger partial charge in [0.1, 0.15) is 17.3 Å². The van der Waals surface area contributed by atoms with Crippen LogP contribution in [0.25, 0.3) is 0 Å². The number of hydrazine groups is 1. The SMILES string of the molecule is O=C1CN(NS(=O)(=O)c2ccccc2F)C(=O)N1. The van der Waals surface area contributed by atoms with Gasteiger partial charge in [0.05, 0.1) is 0 Å². The monoisotopic (exact) mass is 273 g/mol. The summed E-state index contributed by atoms with van der Waals surface area (Å²) < 4.78 is 36.9. The van der Waals surface area contributed by atoms with E-state index in [4.69, 9.17) is 0 Å². The lowest BCUT2D eigenvalue weighted by Gasteiger charge is -2.14. The number of carbonyl (C=O) groups excluding carboxylic acids is 2. The summed E-state index contributed by atoms with van der Waals surface area (Å²) in [6.45, 7) is -0.452. The van der Waals surface area contributed by atoms with Crippen LogP contribution >= 0.6 is 0 Å². The predicted octanol–water partition coefficient (Wildman–Crippen LogP) is -0.429. The Labute approximate surface area is 102 Å². The van der Waals surface area contributed by atoms with E-state index in [-0.39, 0.29) is 0 Å². The topological polar surface area (TPSA) is 95.6 Å². The minimum absolute atomic E-state index is 0.452. The van der Waals surface area contributed by atoms with Crippen molar-refractivity contribution in [3.8, 4) is 0 Å². The summed E-state index contributed by atoms with van der Waals surface area (Å²) >= 11 is 0. The molecule has 18 heavy (non-hydrogen) atoms. The van der Waals surface area contributed by atoms with Gasteiger partial charge in [0.2, 0.25) is 5.91 Å². The first kappa shape index (κ1) is 12.5. The first-order valence-corrected chi connectivity index (χ1v) is 6.27. The van der Waals surface area contributed by atoms with Crippen LogP contribution < -0.4 is 10.1 Å². The van der Waals surface area contributed by atoms with Crippen LogP contribution in [0.1, 0.15) is 0 Å². The molecule has 3 amide bonds. The first-order chi connectivity index (χ1) is 8.40. The van der Waals surface area contributed by atoms with Gasteiger partial charge in [-0.1, -0.05) is 12.1 Å². The summed E-state index contributed by atoms with van der Waals surface area (Å²) in [5.74, 6) is -1.59. The lowest BCUT2D eigenvalue weighted by molar-refractivity contribution is -0.118. The Balaban J connectivity index is 2.26. The molecule has 1 heterocycles. The third-order valence-electron chi connectivity index (χ3n) is 2.15. The van der Waals surface area contributed by atoms with Crippen molar-refractivity contribution >= 4 is 22.0 Å². The van der Waals surface area contributed by atoms with Crippen molar-refractivity contribution in [3.63, 3.8) is 0 Å². The van der Waals surface area contributed by atoms with E-state index < -0.39 is 39.2 Å². The highest BCUT2D eigenvalue weighted by atomic mass is 32.2. The summed E-state index contributed by atoms with van der Waals surface area (Å²) in [6, 6.07) is 3.80. The van der Waals surface area contributed by atoms with Gasteiger partial charge in [-0.15, -0.1) is 4.83 Å². The van der Waals surface area contributed by atoms with E-state index in [1.807, 2.05) is 10.1 Å². The quantitative estimate of drug-likeness (QED) is 0.730. The van der Waals surface area contributed by atoms with Crippen molar-refractivity contribution in [1.29, 1.82) is 0 Å². The first-order valence-electron chi connectivity index (χ1n) is 4.78. The number of carbonyl (C=O) groups is 2. The number of halogens is 1. The van der Waals surface area contributed by atoms with Gasteiger partial charge in [-0.2, -0.15) is 0 Å². The van der Waals surface area contributed by atoms with Crippen molar-refractivity contribution in [2.24, 2.45) is 0 Å². The molecule has 1 fully saturated rings. The molecule has 9 heteroatoms. The molecule has 0 radical (unpaired) electrons. The number of urea groups is 1. The van der Waals surface area contributed by atoms with E-state index in [1.165, 1.54) is 12.1 Å². The van der Waals surface area contributed by atoms with Gasteiger partial charge < -0.3 is 0 Å². The van der Waals surface area contributed by atoms with Crippen molar-refractivity contribution in [3.05, 3.63) is 30.1 Å². The number of hydrogen-bond donors (Lipinski definition) is 2. The fourth-order valence-electron chi connectivity index (χ4n) is 1.37. The molecule has 0 saturated carbocycles. The fraction of sp³-hybridized carbons (Fsp3) is 0.111. The highest BCUT2D eigenvalue weighted by molar-refractivity contribution is 7.89. The molecule has 0 aromatic heterocycles. The Morgan fingerprint density at radius 3 is 2.50 bits per heavy atom. The minimum atomic E-state index is -4.24. The molecule has 2 rings (SSSR count). The van der Waals surface area contributed by atoms with Crippen molar-refractivity contribution < 1.29 is 22.4 Å². The maximum Gasteiger partial charge on any atom is 0.339 e. The average molecular weight is 273 g/mol. The lowest BCUT2D eigenvalue weighted by atomic mass is 10.4. The molecular weight excluding hydrogens is 265 g/mol. The third-order valence-corrected chi connectivity index (χ3v) is 3.52.